The first-order valence-electron chi connectivity index (χ1n) is 7.91. The molecule has 0 aliphatic carbocycles. The molecule has 0 atom stereocenters. The number of rotatable bonds is 8. The second kappa shape index (κ2) is 8.41. The molecule has 0 aliphatic rings. The number of benzene rings is 1. The maximum absolute atomic E-state index is 12.4. The maximum atomic E-state index is 12.4. The van der Waals surface area contributed by atoms with Crippen molar-refractivity contribution in [2.24, 2.45) is 0 Å². The van der Waals surface area contributed by atoms with Gasteiger partial charge in [-0.05, 0) is 29.6 Å². The van der Waals surface area contributed by atoms with Gasteiger partial charge in [0.05, 0.1) is 24.3 Å². The number of nitro groups is 1. The van der Waals surface area contributed by atoms with Crippen LogP contribution in [0.2, 0.25) is 0 Å². The van der Waals surface area contributed by atoms with E-state index in [0.717, 1.165) is 10.6 Å². The molecule has 7 nitrogen and oxygen atoms in total. The number of thiophene rings is 1. The van der Waals surface area contributed by atoms with Crippen LogP contribution in [0.25, 0.3) is 0 Å². The van der Waals surface area contributed by atoms with Crippen LogP contribution in [0.4, 0.5) is 11.4 Å². The second-order valence-corrected chi connectivity index (χ2v) is 6.69. The Morgan fingerprint density at radius 3 is 2.77 bits per heavy atom. The van der Waals surface area contributed by atoms with Crippen molar-refractivity contribution in [3.8, 4) is 0 Å². The number of nitrogens with zero attached hydrogens (tertiary/aromatic N) is 2. The summed E-state index contributed by atoms with van der Waals surface area (Å²) in [6, 6.07) is 13.5. The van der Waals surface area contributed by atoms with Crippen molar-refractivity contribution < 1.29 is 14.1 Å². The molecule has 0 unspecified atom stereocenters. The molecule has 3 aromatic rings. The van der Waals surface area contributed by atoms with Gasteiger partial charge >= 0.3 is 0 Å². The molecule has 3 rings (SSSR count). The van der Waals surface area contributed by atoms with Gasteiger partial charge in [-0.3, -0.25) is 19.8 Å². The summed E-state index contributed by atoms with van der Waals surface area (Å²) >= 11 is 1.62. The Bertz CT molecular complexity index is 826. The molecule has 0 spiro atoms. The Morgan fingerprint density at radius 2 is 2.08 bits per heavy atom. The first-order valence-corrected chi connectivity index (χ1v) is 8.79. The van der Waals surface area contributed by atoms with Gasteiger partial charge in [-0.2, -0.15) is 0 Å². The number of carbonyl (C=O) groups is 1. The number of carbonyl (C=O) groups excluding carboxylic acids is 1. The molecule has 0 saturated carbocycles. The number of anilines is 1. The van der Waals surface area contributed by atoms with Crippen molar-refractivity contribution >= 4 is 28.6 Å². The number of hydrogen-bond donors (Lipinski definition) is 1. The van der Waals surface area contributed by atoms with E-state index in [1.807, 2.05) is 34.5 Å². The van der Waals surface area contributed by atoms with Gasteiger partial charge in [0, 0.05) is 29.2 Å². The minimum atomic E-state index is -0.490. The van der Waals surface area contributed by atoms with Crippen LogP contribution in [0.15, 0.2) is 64.6 Å². The smallest absolute Gasteiger partial charge is 0.271 e. The number of amides is 1. The number of nitrogens with one attached hydrogen (secondary N) is 1. The quantitative estimate of drug-likeness (QED) is 0.479. The predicted octanol–water partition coefficient (Wildman–Crippen LogP) is 3.89. The molecule has 1 aromatic carbocycles. The summed E-state index contributed by atoms with van der Waals surface area (Å²) in [5.41, 5.74) is 0.340. The summed E-state index contributed by atoms with van der Waals surface area (Å²) in [4.78, 5) is 25.9. The molecule has 0 bridgehead atoms. The van der Waals surface area contributed by atoms with Crippen molar-refractivity contribution in [1.29, 1.82) is 0 Å². The van der Waals surface area contributed by atoms with Gasteiger partial charge in [0.15, 0.2) is 0 Å². The van der Waals surface area contributed by atoms with Gasteiger partial charge in [0.25, 0.3) is 5.69 Å². The van der Waals surface area contributed by atoms with Crippen molar-refractivity contribution in [3.63, 3.8) is 0 Å². The fraction of sp³-hybridized carbons (Fsp3) is 0.167. The van der Waals surface area contributed by atoms with Crippen molar-refractivity contribution in [1.82, 2.24) is 4.90 Å². The fourth-order valence-electron chi connectivity index (χ4n) is 2.51. The van der Waals surface area contributed by atoms with Crippen LogP contribution in [0.5, 0.6) is 0 Å². The Kier molecular flexibility index (Phi) is 5.77. The average molecular weight is 371 g/mol. The molecule has 134 valence electrons. The van der Waals surface area contributed by atoms with E-state index in [2.05, 4.69) is 5.32 Å². The third-order valence-electron chi connectivity index (χ3n) is 3.63. The van der Waals surface area contributed by atoms with E-state index in [1.54, 1.807) is 29.7 Å². The van der Waals surface area contributed by atoms with Gasteiger partial charge in [-0.25, -0.2) is 0 Å². The van der Waals surface area contributed by atoms with E-state index >= 15 is 0 Å². The predicted molar refractivity (Wildman–Crippen MR) is 98.9 cm³/mol. The van der Waals surface area contributed by atoms with Gasteiger partial charge in [0.2, 0.25) is 5.91 Å². The zero-order chi connectivity index (χ0) is 18.4. The van der Waals surface area contributed by atoms with E-state index in [0.29, 0.717) is 18.8 Å². The van der Waals surface area contributed by atoms with Crippen LogP contribution in [-0.4, -0.2) is 22.3 Å². The van der Waals surface area contributed by atoms with Crippen LogP contribution < -0.4 is 5.32 Å². The molecular formula is C18H17N3O4S. The lowest BCUT2D eigenvalue weighted by molar-refractivity contribution is -0.384. The van der Waals surface area contributed by atoms with Crippen molar-refractivity contribution in [2.75, 3.05) is 11.9 Å². The number of non-ortho nitro benzene ring substituents is 1. The molecule has 0 radical (unpaired) electrons. The Balaban J connectivity index is 1.66. The Morgan fingerprint density at radius 1 is 1.19 bits per heavy atom. The Hall–Kier alpha value is -2.97. The summed E-state index contributed by atoms with van der Waals surface area (Å²) in [7, 11) is 0. The van der Waals surface area contributed by atoms with E-state index in [9.17, 15) is 14.9 Å². The number of nitro benzene ring substituents is 1. The van der Waals surface area contributed by atoms with Crippen molar-refractivity contribution in [2.45, 2.75) is 13.1 Å². The van der Waals surface area contributed by atoms with E-state index in [-0.39, 0.29) is 18.1 Å². The van der Waals surface area contributed by atoms with Crippen LogP contribution in [0.1, 0.15) is 10.6 Å². The van der Waals surface area contributed by atoms with Crippen molar-refractivity contribution in [3.05, 3.63) is 80.9 Å². The van der Waals surface area contributed by atoms with Gasteiger partial charge < -0.3 is 9.73 Å². The van der Waals surface area contributed by atoms with E-state index < -0.39 is 4.92 Å². The largest absolute Gasteiger partial charge is 0.468 e. The summed E-state index contributed by atoms with van der Waals surface area (Å²) in [6.45, 7) is 1.25. The molecule has 26 heavy (non-hydrogen) atoms. The zero-order valence-corrected chi connectivity index (χ0v) is 14.6. The molecule has 1 amide bonds. The van der Waals surface area contributed by atoms with E-state index in [4.69, 9.17) is 4.42 Å². The minimum Gasteiger partial charge on any atom is -0.468 e. The molecule has 2 heterocycles. The topological polar surface area (TPSA) is 88.6 Å². The summed E-state index contributed by atoms with van der Waals surface area (Å²) in [6.07, 6.45) is 1.60. The van der Waals surface area contributed by atoms with Crippen LogP contribution >= 0.6 is 11.3 Å². The van der Waals surface area contributed by atoms with Gasteiger partial charge in [-0.15, -0.1) is 11.3 Å². The average Bonchev–Trinajstić information content (AvgIpc) is 3.29. The highest BCUT2D eigenvalue weighted by Gasteiger charge is 2.15. The van der Waals surface area contributed by atoms with Crippen LogP contribution in [0, 0.1) is 10.1 Å². The van der Waals surface area contributed by atoms with Crippen LogP contribution in [-0.2, 0) is 17.9 Å². The fourth-order valence-corrected chi connectivity index (χ4v) is 3.26. The molecule has 0 fully saturated rings. The molecule has 8 heteroatoms. The van der Waals surface area contributed by atoms with Crippen LogP contribution in [0.3, 0.4) is 0 Å². The lowest BCUT2D eigenvalue weighted by Crippen LogP contribution is -2.32. The minimum absolute atomic E-state index is 0.0613. The first kappa shape index (κ1) is 17.8. The second-order valence-electron chi connectivity index (χ2n) is 5.66. The van der Waals surface area contributed by atoms with Gasteiger partial charge in [-0.1, -0.05) is 12.1 Å². The third kappa shape index (κ3) is 5.01. The highest BCUT2D eigenvalue weighted by molar-refractivity contribution is 7.09. The molecule has 2 aromatic heterocycles. The lowest BCUT2D eigenvalue weighted by Gasteiger charge is -2.20. The van der Waals surface area contributed by atoms with Gasteiger partial charge in [0.1, 0.15) is 5.76 Å². The lowest BCUT2D eigenvalue weighted by atomic mass is 10.2. The highest BCUT2D eigenvalue weighted by Crippen LogP contribution is 2.18. The standard InChI is InChI=1S/C18H17N3O4S/c22-18(19-14-4-1-5-15(10-14)21(23)24)13-20(11-16-6-2-8-25-16)12-17-7-3-9-26-17/h1-10H,11-13H2,(H,19,22). The SMILES string of the molecule is O=C(CN(Cc1ccco1)Cc1cccs1)Nc1cccc([N+](=O)[O-])c1. The molecule has 0 saturated heterocycles. The molecular weight excluding hydrogens is 354 g/mol. The molecule has 0 aliphatic heterocycles. The zero-order valence-electron chi connectivity index (χ0n) is 13.8. The highest BCUT2D eigenvalue weighted by atomic mass is 32.1. The summed E-state index contributed by atoms with van der Waals surface area (Å²) < 4.78 is 5.38. The normalized spacial score (nSPS) is 10.8. The molecule has 1 N–H and O–H groups in total. The number of hydrogen-bond acceptors (Lipinski definition) is 6. The number of furan rings is 1. The monoisotopic (exact) mass is 371 g/mol. The van der Waals surface area contributed by atoms with E-state index in [1.165, 1.54) is 12.1 Å². The summed E-state index contributed by atoms with van der Waals surface area (Å²) in [5.74, 6) is 0.526. The first-order chi connectivity index (χ1) is 12.6. The third-order valence-corrected chi connectivity index (χ3v) is 4.49. The Labute approximate surface area is 154 Å². The summed E-state index contributed by atoms with van der Waals surface area (Å²) in [5, 5.41) is 15.6. The maximum Gasteiger partial charge on any atom is 0.271 e.